The lowest BCUT2D eigenvalue weighted by Gasteiger charge is -2.04. The molecule has 0 aliphatic heterocycles. The van der Waals surface area contributed by atoms with E-state index in [1.807, 2.05) is 13.0 Å². The van der Waals surface area contributed by atoms with Crippen molar-refractivity contribution in [2.24, 2.45) is 0 Å². The lowest BCUT2D eigenvalue weighted by Crippen LogP contribution is -2.13. The summed E-state index contributed by atoms with van der Waals surface area (Å²) < 4.78 is 5.75. The van der Waals surface area contributed by atoms with E-state index in [0.717, 1.165) is 10.2 Å². The number of hydrogen-bond donors (Lipinski definition) is 1. The molecular weight excluding hydrogens is 286 g/mol. The van der Waals surface area contributed by atoms with Crippen LogP contribution in [-0.2, 0) is 0 Å². The van der Waals surface area contributed by atoms with Crippen molar-refractivity contribution in [3.63, 3.8) is 0 Å². The van der Waals surface area contributed by atoms with Crippen LogP contribution in [0.25, 0.3) is 0 Å². The highest BCUT2D eigenvalue weighted by molar-refractivity contribution is 9.10. The van der Waals surface area contributed by atoms with E-state index in [2.05, 4.69) is 31.4 Å². The second-order valence-electron chi connectivity index (χ2n) is 3.56. The summed E-state index contributed by atoms with van der Waals surface area (Å²) in [4.78, 5) is 16.0. The minimum atomic E-state index is -0.353. The van der Waals surface area contributed by atoms with Crippen molar-refractivity contribution in [3.05, 3.63) is 39.8 Å². The molecule has 0 fully saturated rings. The highest BCUT2D eigenvalue weighted by Crippen LogP contribution is 2.17. The maximum absolute atomic E-state index is 11.8. The van der Waals surface area contributed by atoms with Crippen LogP contribution in [0.4, 0.5) is 5.82 Å². The van der Waals surface area contributed by atoms with Gasteiger partial charge in [-0.2, -0.15) is 0 Å². The molecule has 0 radical (unpaired) electrons. The quantitative estimate of drug-likeness (QED) is 0.925. The third-order valence-electron chi connectivity index (χ3n) is 2.22. The van der Waals surface area contributed by atoms with Crippen LogP contribution in [-0.4, -0.2) is 16.0 Å². The number of rotatable bonds is 2. The number of carbonyl (C=O) groups excluding carboxylic acids is 1. The molecule has 0 spiro atoms. The summed E-state index contributed by atoms with van der Waals surface area (Å²) in [5, 5.41) is 6.20. The standard InChI is InChI=1S/C11H10BrN3O2/c1-6-5-13-17-10(6)11(16)15-9-4-3-8(12)7(2)14-9/h3-5H,1-2H3,(H,14,15,16). The molecule has 0 aromatic carbocycles. The fourth-order valence-electron chi connectivity index (χ4n) is 1.30. The van der Waals surface area contributed by atoms with Crippen LogP contribution in [0.5, 0.6) is 0 Å². The second kappa shape index (κ2) is 4.67. The Morgan fingerprint density at radius 1 is 1.41 bits per heavy atom. The summed E-state index contributed by atoms with van der Waals surface area (Å²) in [6, 6.07) is 3.53. The predicted molar refractivity (Wildman–Crippen MR) is 65.9 cm³/mol. The maximum atomic E-state index is 11.8. The van der Waals surface area contributed by atoms with E-state index in [9.17, 15) is 4.79 Å². The van der Waals surface area contributed by atoms with Gasteiger partial charge < -0.3 is 9.84 Å². The molecule has 1 N–H and O–H groups in total. The molecule has 88 valence electrons. The summed E-state index contributed by atoms with van der Waals surface area (Å²) in [6.07, 6.45) is 1.50. The van der Waals surface area contributed by atoms with Gasteiger partial charge in [0.15, 0.2) is 0 Å². The third kappa shape index (κ3) is 2.52. The van der Waals surface area contributed by atoms with Crippen molar-refractivity contribution < 1.29 is 9.32 Å². The van der Waals surface area contributed by atoms with Gasteiger partial charge in [-0.25, -0.2) is 4.98 Å². The number of carbonyl (C=O) groups is 1. The Morgan fingerprint density at radius 3 is 2.76 bits per heavy atom. The van der Waals surface area contributed by atoms with Gasteiger partial charge >= 0.3 is 0 Å². The zero-order valence-corrected chi connectivity index (χ0v) is 10.9. The Morgan fingerprint density at radius 2 is 2.18 bits per heavy atom. The van der Waals surface area contributed by atoms with E-state index in [-0.39, 0.29) is 11.7 Å². The van der Waals surface area contributed by atoms with Crippen molar-refractivity contribution in [2.75, 3.05) is 5.32 Å². The van der Waals surface area contributed by atoms with E-state index in [1.165, 1.54) is 6.20 Å². The molecule has 2 rings (SSSR count). The van der Waals surface area contributed by atoms with Gasteiger partial charge in [-0.15, -0.1) is 0 Å². The average molecular weight is 296 g/mol. The van der Waals surface area contributed by atoms with Crippen LogP contribution in [0.2, 0.25) is 0 Å². The lowest BCUT2D eigenvalue weighted by atomic mass is 10.3. The van der Waals surface area contributed by atoms with Crippen molar-refractivity contribution in [2.45, 2.75) is 13.8 Å². The average Bonchev–Trinajstić information content (AvgIpc) is 2.70. The maximum Gasteiger partial charge on any atom is 0.295 e. The van der Waals surface area contributed by atoms with Gasteiger partial charge in [-0.1, -0.05) is 5.16 Å². The molecule has 2 aromatic heterocycles. The van der Waals surface area contributed by atoms with Crippen molar-refractivity contribution in [1.82, 2.24) is 10.1 Å². The molecule has 2 aromatic rings. The molecule has 6 heteroatoms. The molecule has 2 heterocycles. The number of aryl methyl sites for hydroxylation is 2. The number of anilines is 1. The van der Waals surface area contributed by atoms with E-state index in [0.29, 0.717) is 11.4 Å². The number of pyridine rings is 1. The molecule has 0 atom stereocenters. The fourth-order valence-corrected chi connectivity index (χ4v) is 1.52. The third-order valence-corrected chi connectivity index (χ3v) is 3.06. The van der Waals surface area contributed by atoms with Gasteiger partial charge in [-0.05, 0) is 41.9 Å². The summed E-state index contributed by atoms with van der Waals surface area (Å²) >= 11 is 3.34. The van der Waals surface area contributed by atoms with Gasteiger partial charge in [0, 0.05) is 10.0 Å². The molecule has 0 unspecified atom stereocenters. The molecule has 0 aliphatic carbocycles. The Hall–Kier alpha value is -1.69. The summed E-state index contributed by atoms with van der Waals surface area (Å²) in [5.41, 5.74) is 1.49. The minimum Gasteiger partial charge on any atom is -0.351 e. The Balaban J connectivity index is 2.19. The number of amides is 1. The smallest absolute Gasteiger partial charge is 0.295 e. The van der Waals surface area contributed by atoms with Crippen LogP contribution < -0.4 is 5.32 Å². The number of hydrogen-bond acceptors (Lipinski definition) is 4. The van der Waals surface area contributed by atoms with Crippen molar-refractivity contribution in [3.8, 4) is 0 Å². The molecule has 0 bridgehead atoms. The highest BCUT2D eigenvalue weighted by atomic mass is 79.9. The van der Waals surface area contributed by atoms with Gasteiger partial charge in [0.25, 0.3) is 5.91 Å². The number of nitrogens with one attached hydrogen (secondary N) is 1. The monoisotopic (exact) mass is 295 g/mol. The molecule has 0 saturated heterocycles. The molecule has 5 nitrogen and oxygen atoms in total. The lowest BCUT2D eigenvalue weighted by molar-refractivity contribution is 0.0986. The van der Waals surface area contributed by atoms with E-state index in [1.54, 1.807) is 13.0 Å². The zero-order chi connectivity index (χ0) is 12.4. The van der Waals surface area contributed by atoms with Crippen molar-refractivity contribution in [1.29, 1.82) is 0 Å². The normalized spacial score (nSPS) is 10.3. The first-order valence-corrected chi connectivity index (χ1v) is 5.73. The first kappa shape index (κ1) is 11.8. The fraction of sp³-hybridized carbons (Fsp3) is 0.182. The Labute approximate surface area is 106 Å². The molecule has 0 aliphatic rings. The van der Waals surface area contributed by atoms with Gasteiger partial charge in [-0.3, -0.25) is 4.79 Å². The van der Waals surface area contributed by atoms with E-state index < -0.39 is 0 Å². The SMILES string of the molecule is Cc1cnoc1C(=O)Nc1ccc(Br)c(C)n1. The van der Waals surface area contributed by atoms with E-state index in [4.69, 9.17) is 4.52 Å². The first-order valence-electron chi connectivity index (χ1n) is 4.93. The number of nitrogens with zero attached hydrogens (tertiary/aromatic N) is 2. The zero-order valence-electron chi connectivity index (χ0n) is 9.32. The molecule has 1 amide bonds. The van der Waals surface area contributed by atoms with Gasteiger partial charge in [0.05, 0.1) is 11.9 Å². The van der Waals surface area contributed by atoms with Gasteiger partial charge in [0.1, 0.15) is 5.82 Å². The van der Waals surface area contributed by atoms with Crippen LogP contribution >= 0.6 is 15.9 Å². The number of halogens is 1. The minimum absolute atomic E-state index is 0.201. The van der Waals surface area contributed by atoms with Crippen molar-refractivity contribution >= 4 is 27.7 Å². The predicted octanol–water partition coefficient (Wildman–Crippen LogP) is 2.70. The van der Waals surface area contributed by atoms with Crippen LogP contribution in [0.15, 0.2) is 27.3 Å². The summed E-state index contributed by atoms with van der Waals surface area (Å²) in [5.74, 6) is 0.327. The number of aromatic nitrogens is 2. The molecule has 17 heavy (non-hydrogen) atoms. The van der Waals surface area contributed by atoms with Crippen LogP contribution in [0.3, 0.4) is 0 Å². The Bertz CT molecular complexity index is 566. The summed E-state index contributed by atoms with van der Waals surface area (Å²) in [6.45, 7) is 3.60. The molecular formula is C11H10BrN3O2. The first-order chi connectivity index (χ1) is 8.08. The second-order valence-corrected chi connectivity index (χ2v) is 4.41. The topological polar surface area (TPSA) is 68.0 Å². The van der Waals surface area contributed by atoms with Gasteiger partial charge in [0.2, 0.25) is 5.76 Å². The van der Waals surface area contributed by atoms with E-state index >= 15 is 0 Å². The Kier molecular flexibility index (Phi) is 3.23. The largest absolute Gasteiger partial charge is 0.351 e. The van der Waals surface area contributed by atoms with Crippen LogP contribution in [0, 0.1) is 13.8 Å². The highest BCUT2D eigenvalue weighted by Gasteiger charge is 2.14. The summed E-state index contributed by atoms with van der Waals surface area (Å²) in [7, 11) is 0. The van der Waals surface area contributed by atoms with Crippen LogP contribution in [0.1, 0.15) is 21.8 Å². The molecule has 0 saturated carbocycles.